The van der Waals surface area contributed by atoms with Crippen LogP contribution in [0.4, 0.5) is 10.5 Å². The molecule has 1 saturated heterocycles. The predicted octanol–water partition coefficient (Wildman–Crippen LogP) is 6.13. The Labute approximate surface area is 245 Å². The summed E-state index contributed by atoms with van der Waals surface area (Å²) < 4.78 is 18.0. The molecule has 0 bridgehead atoms. The van der Waals surface area contributed by atoms with Crippen LogP contribution in [0, 0.1) is 5.92 Å². The molecule has 1 aliphatic rings. The first-order chi connectivity index (χ1) is 19.9. The van der Waals surface area contributed by atoms with Crippen molar-refractivity contribution in [1.82, 2.24) is 5.32 Å². The number of hydrogen-bond donors (Lipinski definition) is 3. The molecular weight excluding hydrogens is 540 g/mol. The second-order valence-electron chi connectivity index (χ2n) is 9.82. The molecule has 216 valence electrons. The quantitative estimate of drug-likeness (QED) is 0.186. The minimum absolute atomic E-state index is 0.0136. The maximum atomic E-state index is 11.7. The molecule has 0 aromatic heterocycles. The molecule has 1 heterocycles. The summed E-state index contributed by atoms with van der Waals surface area (Å²) in [5.74, 6) is 0.664. The van der Waals surface area contributed by atoms with Gasteiger partial charge in [0, 0.05) is 41.3 Å². The Bertz CT molecular complexity index is 1300. The number of thioether (sulfide) groups is 1. The summed E-state index contributed by atoms with van der Waals surface area (Å²) in [6, 6.07) is 23.3. The van der Waals surface area contributed by atoms with Crippen LogP contribution in [0.25, 0.3) is 0 Å². The summed E-state index contributed by atoms with van der Waals surface area (Å²) >= 11 is 1.69. The monoisotopic (exact) mass is 576 g/mol. The summed E-state index contributed by atoms with van der Waals surface area (Å²) in [5.41, 5.74) is 4.42. The zero-order valence-corrected chi connectivity index (χ0v) is 24.1. The van der Waals surface area contributed by atoms with Gasteiger partial charge in [-0.05, 0) is 41.0 Å². The zero-order chi connectivity index (χ0) is 29.2. The van der Waals surface area contributed by atoms with Crippen molar-refractivity contribution >= 4 is 29.4 Å². The third kappa shape index (κ3) is 8.68. The highest BCUT2D eigenvalue weighted by molar-refractivity contribution is 7.99. The van der Waals surface area contributed by atoms with E-state index in [9.17, 15) is 14.7 Å². The van der Waals surface area contributed by atoms with Gasteiger partial charge in [0.15, 0.2) is 6.29 Å². The minimum Gasteiger partial charge on any atom is -0.445 e. The van der Waals surface area contributed by atoms with E-state index in [4.69, 9.17) is 14.2 Å². The normalized spacial score (nSPS) is 20.2. The lowest BCUT2D eigenvalue weighted by atomic mass is 9.91. The average Bonchev–Trinajstić information content (AvgIpc) is 2.99. The van der Waals surface area contributed by atoms with Gasteiger partial charge in [0.25, 0.3) is 0 Å². The first-order valence-electron chi connectivity index (χ1n) is 13.5. The van der Waals surface area contributed by atoms with E-state index in [1.54, 1.807) is 11.8 Å². The van der Waals surface area contributed by atoms with Gasteiger partial charge in [0.2, 0.25) is 5.91 Å². The molecule has 1 fully saturated rings. The van der Waals surface area contributed by atoms with Crippen molar-refractivity contribution in [2.45, 2.75) is 50.4 Å². The van der Waals surface area contributed by atoms with Gasteiger partial charge in [-0.2, -0.15) is 0 Å². The number of aliphatic hydroxyl groups excluding tert-OH is 1. The molecule has 4 rings (SSSR count). The lowest BCUT2D eigenvalue weighted by Crippen LogP contribution is -2.38. The van der Waals surface area contributed by atoms with Gasteiger partial charge in [0.1, 0.15) is 6.61 Å². The third-order valence-corrected chi connectivity index (χ3v) is 7.83. The molecule has 3 aromatic rings. The Hall–Kier alpha value is -3.63. The fourth-order valence-electron chi connectivity index (χ4n) is 4.48. The van der Waals surface area contributed by atoms with Gasteiger partial charge in [-0.3, -0.25) is 4.79 Å². The molecule has 0 spiro atoms. The number of benzene rings is 3. The van der Waals surface area contributed by atoms with Crippen LogP contribution in [-0.2, 0) is 32.2 Å². The fourth-order valence-corrected chi connectivity index (χ4v) is 5.55. The van der Waals surface area contributed by atoms with Gasteiger partial charge >= 0.3 is 6.09 Å². The molecule has 4 atom stereocenters. The number of alkyl carbamates (subject to hydrolysis) is 1. The van der Waals surface area contributed by atoms with E-state index in [1.807, 2.05) is 72.8 Å². The number of anilines is 1. The molecule has 2 amide bonds. The first-order valence-corrected chi connectivity index (χ1v) is 14.5. The lowest BCUT2D eigenvalue weighted by molar-refractivity contribution is -0.268. The Balaban J connectivity index is 1.48. The van der Waals surface area contributed by atoms with Crippen molar-refractivity contribution in [3.8, 4) is 0 Å². The minimum atomic E-state index is -0.582. The number of nitrogens with one attached hydrogen (secondary N) is 2. The Morgan fingerprint density at radius 3 is 2.27 bits per heavy atom. The average molecular weight is 577 g/mol. The molecule has 3 aromatic carbocycles. The van der Waals surface area contributed by atoms with Gasteiger partial charge in [-0.1, -0.05) is 68.1 Å². The number of amides is 2. The summed E-state index contributed by atoms with van der Waals surface area (Å²) in [6.45, 7) is 7.63. The number of hydrogen-bond acceptors (Lipinski definition) is 7. The van der Waals surface area contributed by atoms with Gasteiger partial charge in [-0.25, -0.2) is 4.79 Å². The summed E-state index contributed by atoms with van der Waals surface area (Å²) in [7, 11) is 0. The second kappa shape index (κ2) is 14.8. The molecule has 8 nitrogen and oxygen atoms in total. The Morgan fingerprint density at radius 2 is 1.63 bits per heavy atom. The summed E-state index contributed by atoms with van der Waals surface area (Å²) in [4.78, 5) is 24.1. The number of carbonyl (C=O) groups excluding carboxylic acids is 2. The molecule has 9 heteroatoms. The Morgan fingerprint density at radius 1 is 0.976 bits per heavy atom. The second-order valence-corrected chi connectivity index (χ2v) is 10.9. The SMILES string of the molecule is C=CCOC(=O)NCc1ccc([C@@H]2O[C@H](CSc3ccc(NC(C)=O)cc3)[C@H](C)[C@H](c3ccc(CO)cc3)O2)cc1. The van der Waals surface area contributed by atoms with Crippen molar-refractivity contribution in [3.05, 3.63) is 108 Å². The van der Waals surface area contributed by atoms with Crippen LogP contribution < -0.4 is 10.6 Å². The van der Waals surface area contributed by atoms with E-state index < -0.39 is 12.4 Å². The molecule has 3 N–H and O–H groups in total. The maximum absolute atomic E-state index is 11.7. The number of carbonyl (C=O) groups is 2. The van der Waals surface area contributed by atoms with Crippen molar-refractivity contribution in [1.29, 1.82) is 0 Å². The maximum Gasteiger partial charge on any atom is 0.407 e. The highest BCUT2D eigenvalue weighted by Gasteiger charge is 2.38. The Kier molecular flexibility index (Phi) is 11.0. The number of rotatable bonds is 11. The molecule has 0 radical (unpaired) electrons. The van der Waals surface area contributed by atoms with Gasteiger partial charge < -0.3 is 30.0 Å². The standard InChI is InChI=1S/C32H36N2O6S/c1-4-17-38-32(37)33-18-23-5-11-26(12-6-23)31-39-29(20-41-28-15-13-27(14-16-28)34-22(3)36)21(2)30(40-31)25-9-7-24(19-35)8-10-25/h4-16,21,29-31,35H,1,17-20H2,2-3H3,(H,33,37)(H,34,36)/t21-,29+,30+,31+/m0/s1. The first kappa shape index (κ1) is 30.3. The molecule has 41 heavy (non-hydrogen) atoms. The number of ether oxygens (including phenoxy) is 3. The van der Waals surface area contributed by atoms with Crippen LogP contribution in [0.15, 0.2) is 90.3 Å². The largest absolute Gasteiger partial charge is 0.445 e. The predicted molar refractivity (Wildman–Crippen MR) is 159 cm³/mol. The van der Waals surface area contributed by atoms with Crippen LogP contribution in [0.1, 0.15) is 48.5 Å². The van der Waals surface area contributed by atoms with Crippen LogP contribution in [0.2, 0.25) is 0 Å². The van der Waals surface area contributed by atoms with E-state index in [1.165, 1.54) is 13.0 Å². The highest BCUT2D eigenvalue weighted by atomic mass is 32.2. The summed E-state index contributed by atoms with van der Waals surface area (Å²) in [6.07, 6.45) is 0.110. The van der Waals surface area contributed by atoms with Crippen LogP contribution in [-0.4, -0.2) is 35.6 Å². The van der Waals surface area contributed by atoms with E-state index in [0.717, 1.165) is 32.8 Å². The molecular formula is C32H36N2O6S. The fraction of sp³-hybridized carbons (Fsp3) is 0.312. The van der Waals surface area contributed by atoms with Crippen LogP contribution >= 0.6 is 11.8 Å². The smallest absolute Gasteiger partial charge is 0.407 e. The van der Waals surface area contributed by atoms with Crippen molar-refractivity contribution in [2.24, 2.45) is 5.92 Å². The van der Waals surface area contributed by atoms with E-state index in [2.05, 4.69) is 24.1 Å². The number of aliphatic hydroxyl groups is 1. The lowest BCUT2D eigenvalue weighted by Gasteiger charge is -2.41. The van der Waals surface area contributed by atoms with Crippen LogP contribution in [0.5, 0.6) is 0 Å². The van der Waals surface area contributed by atoms with E-state index in [-0.39, 0.29) is 37.2 Å². The highest BCUT2D eigenvalue weighted by Crippen LogP contribution is 2.43. The van der Waals surface area contributed by atoms with Gasteiger partial charge in [0.05, 0.1) is 18.8 Å². The zero-order valence-electron chi connectivity index (χ0n) is 23.2. The van der Waals surface area contributed by atoms with Crippen LogP contribution in [0.3, 0.4) is 0 Å². The van der Waals surface area contributed by atoms with Crippen molar-refractivity contribution < 1.29 is 28.9 Å². The molecule has 1 aliphatic heterocycles. The van der Waals surface area contributed by atoms with Crippen molar-refractivity contribution in [2.75, 3.05) is 17.7 Å². The van der Waals surface area contributed by atoms with E-state index in [0.29, 0.717) is 12.3 Å². The third-order valence-electron chi connectivity index (χ3n) is 6.73. The van der Waals surface area contributed by atoms with Crippen molar-refractivity contribution in [3.63, 3.8) is 0 Å². The van der Waals surface area contributed by atoms with E-state index >= 15 is 0 Å². The summed E-state index contributed by atoms with van der Waals surface area (Å²) in [5, 5.41) is 15.0. The molecule has 0 saturated carbocycles. The topological polar surface area (TPSA) is 106 Å². The van der Waals surface area contributed by atoms with Gasteiger partial charge in [-0.15, -0.1) is 11.8 Å². The molecule has 0 unspecified atom stereocenters. The molecule has 0 aliphatic carbocycles.